The zero-order valence-electron chi connectivity index (χ0n) is 16.2. The molecule has 26 heavy (non-hydrogen) atoms. The van der Waals surface area contributed by atoms with Crippen LogP contribution in [-0.4, -0.2) is 20.3 Å². The van der Waals surface area contributed by atoms with E-state index in [2.05, 4.69) is 31.2 Å². The first-order chi connectivity index (χ1) is 12.7. The van der Waals surface area contributed by atoms with Crippen molar-refractivity contribution in [1.29, 1.82) is 0 Å². The van der Waals surface area contributed by atoms with Gasteiger partial charge in [-0.2, -0.15) is 0 Å². The van der Waals surface area contributed by atoms with Crippen LogP contribution in [0.5, 0.6) is 11.5 Å². The van der Waals surface area contributed by atoms with E-state index >= 15 is 0 Å². The highest BCUT2D eigenvalue weighted by Gasteiger charge is 2.31. The Labute approximate surface area is 161 Å². The zero-order valence-corrected chi connectivity index (χ0v) is 17.0. The van der Waals surface area contributed by atoms with Crippen molar-refractivity contribution in [1.82, 2.24) is 0 Å². The molecule has 1 aromatic carbocycles. The molecule has 3 rings (SSSR count). The van der Waals surface area contributed by atoms with E-state index in [1.54, 1.807) is 14.2 Å². The number of ether oxygens (including phenoxy) is 2. The third kappa shape index (κ3) is 4.07. The number of rotatable bonds is 8. The first-order valence-electron chi connectivity index (χ1n) is 9.76. The lowest BCUT2D eigenvalue weighted by molar-refractivity contribution is 0.352. The largest absolute Gasteiger partial charge is 0.493 e. The quantitative estimate of drug-likeness (QED) is 0.639. The molecule has 0 radical (unpaired) electrons. The number of hydrogen-bond acceptors (Lipinski definition) is 4. The van der Waals surface area contributed by atoms with E-state index in [0.29, 0.717) is 0 Å². The second kappa shape index (κ2) is 8.92. The maximum absolute atomic E-state index is 6.57. The summed E-state index contributed by atoms with van der Waals surface area (Å²) >= 11 is 1.94. The van der Waals surface area contributed by atoms with E-state index in [-0.39, 0.29) is 12.0 Å². The van der Waals surface area contributed by atoms with Crippen molar-refractivity contribution >= 4 is 11.3 Å². The molecule has 0 amide bonds. The minimum atomic E-state index is 0.159. The molecule has 0 saturated heterocycles. The van der Waals surface area contributed by atoms with Gasteiger partial charge in [0.05, 0.1) is 14.2 Å². The standard InChI is InChI=1S/C22H31NO2S/c1-4-5-6-7-8-16-10-12-21(26-16)22-17-14-20(25-3)19(24-2)13-15(17)9-11-18(22)23/h10,12-14,18,22H,4-9,11,23H2,1-3H3/t18-,22-/m0/s1. The summed E-state index contributed by atoms with van der Waals surface area (Å²) in [4.78, 5) is 2.87. The third-order valence-electron chi connectivity index (χ3n) is 5.42. The van der Waals surface area contributed by atoms with Crippen molar-refractivity contribution < 1.29 is 9.47 Å². The predicted molar refractivity (Wildman–Crippen MR) is 110 cm³/mol. The highest BCUT2D eigenvalue weighted by atomic mass is 32.1. The number of unbranched alkanes of at least 4 members (excludes halogenated alkanes) is 3. The number of methoxy groups -OCH3 is 2. The SMILES string of the molecule is CCCCCCc1ccc([C@H]2c3cc(OC)c(OC)cc3CC[C@@H]2N)s1. The highest BCUT2D eigenvalue weighted by Crippen LogP contribution is 2.43. The maximum Gasteiger partial charge on any atom is 0.161 e. The molecule has 3 nitrogen and oxygen atoms in total. The fraction of sp³-hybridized carbons (Fsp3) is 0.545. The molecule has 0 aliphatic heterocycles. The maximum atomic E-state index is 6.57. The van der Waals surface area contributed by atoms with Crippen LogP contribution in [0.2, 0.25) is 0 Å². The van der Waals surface area contributed by atoms with E-state index in [1.807, 2.05) is 11.3 Å². The Morgan fingerprint density at radius 2 is 1.85 bits per heavy atom. The number of hydrogen-bond donors (Lipinski definition) is 1. The lowest BCUT2D eigenvalue weighted by atomic mass is 9.78. The Balaban J connectivity index is 1.85. The van der Waals surface area contributed by atoms with Crippen molar-refractivity contribution in [2.75, 3.05) is 14.2 Å². The van der Waals surface area contributed by atoms with Gasteiger partial charge in [-0.3, -0.25) is 0 Å². The fourth-order valence-electron chi connectivity index (χ4n) is 3.95. The predicted octanol–water partition coefficient (Wildman–Crippen LogP) is 5.29. The lowest BCUT2D eigenvalue weighted by Gasteiger charge is -2.31. The van der Waals surface area contributed by atoms with Crippen molar-refractivity contribution in [3.05, 3.63) is 45.1 Å². The summed E-state index contributed by atoms with van der Waals surface area (Å²) in [5.74, 6) is 1.86. The molecule has 0 bridgehead atoms. The van der Waals surface area contributed by atoms with Crippen LogP contribution in [0, 0.1) is 0 Å². The highest BCUT2D eigenvalue weighted by molar-refractivity contribution is 7.12. The van der Waals surface area contributed by atoms with Crippen LogP contribution in [-0.2, 0) is 12.8 Å². The van der Waals surface area contributed by atoms with Gasteiger partial charge in [0.2, 0.25) is 0 Å². The smallest absolute Gasteiger partial charge is 0.161 e. The van der Waals surface area contributed by atoms with Crippen LogP contribution in [0.1, 0.15) is 65.8 Å². The summed E-state index contributed by atoms with van der Waals surface area (Å²) in [6.07, 6.45) is 8.43. The first-order valence-corrected chi connectivity index (χ1v) is 10.6. The Kier molecular flexibility index (Phi) is 6.60. The van der Waals surface area contributed by atoms with Gasteiger partial charge < -0.3 is 15.2 Å². The van der Waals surface area contributed by atoms with Gasteiger partial charge in [-0.25, -0.2) is 0 Å². The summed E-state index contributed by atoms with van der Waals surface area (Å²) in [6.45, 7) is 2.26. The van der Waals surface area contributed by atoms with Crippen LogP contribution in [0.4, 0.5) is 0 Å². The molecular formula is C22H31NO2S. The van der Waals surface area contributed by atoms with Gasteiger partial charge in [0.15, 0.2) is 11.5 Å². The number of aryl methyl sites for hydroxylation is 2. The molecule has 2 atom stereocenters. The average Bonchev–Trinajstić information content (AvgIpc) is 3.12. The van der Waals surface area contributed by atoms with Crippen LogP contribution in [0.3, 0.4) is 0 Å². The summed E-state index contributed by atoms with van der Waals surface area (Å²) in [6, 6.07) is 9.02. The van der Waals surface area contributed by atoms with Crippen molar-refractivity contribution in [2.24, 2.45) is 5.73 Å². The molecule has 0 saturated carbocycles. The third-order valence-corrected chi connectivity index (χ3v) is 6.65. The second-order valence-electron chi connectivity index (χ2n) is 7.20. The van der Waals surface area contributed by atoms with Crippen molar-refractivity contribution in [2.45, 2.75) is 63.8 Å². The fourth-order valence-corrected chi connectivity index (χ4v) is 5.20. The molecule has 4 heteroatoms. The monoisotopic (exact) mass is 373 g/mol. The Bertz CT molecular complexity index is 725. The molecule has 1 heterocycles. The molecule has 1 aromatic heterocycles. The van der Waals surface area contributed by atoms with E-state index in [9.17, 15) is 0 Å². The van der Waals surface area contributed by atoms with Gasteiger partial charge in [-0.15, -0.1) is 11.3 Å². The van der Waals surface area contributed by atoms with Crippen molar-refractivity contribution in [3.63, 3.8) is 0 Å². The first kappa shape index (κ1) is 19.2. The second-order valence-corrected chi connectivity index (χ2v) is 8.40. The van der Waals surface area contributed by atoms with Gasteiger partial charge >= 0.3 is 0 Å². The molecule has 1 aliphatic rings. The van der Waals surface area contributed by atoms with E-state index < -0.39 is 0 Å². The molecule has 2 aromatic rings. The molecule has 142 valence electrons. The summed E-state index contributed by atoms with van der Waals surface area (Å²) < 4.78 is 11.0. The summed E-state index contributed by atoms with van der Waals surface area (Å²) in [5, 5.41) is 0. The van der Waals surface area contributed by atoms with E-state index in [1.165, 1.54) is 53.0 Å². The molecule has 2 N–H and O–H groups in total. The minimum Gasteiger partial charge on any atom is -0.493 e. The average molecular weight is 374 g/mol. The van der Waals surface area contributed by atoms with Crippen molar-refractivity contribution in [3.8, 4) is 11.5 Å². The molecule has 0 unspecified atom stereocenters. The number of nitrogens with two attached hydrogens (primary N) is 1. The number of benzene rings is 1. The number of thiophene rings is 1. The summed E-state index contributed by atoms with van der Waals surface area (Å²) in [5.41, 5.74) is 9.22. The zero-order chi connectivity index (χ0) is 18.5. The van der Waals surface area contributed by atoms with Crippen LogP contribution < -0.4 is 15.2 Å². The topological polar surface area (TPSA) is 44.5 Å². The summed E-state index contributed by atoms with van der Waals surface area (Å²) in [7, 11) is 3.39. The molecule has 0 fully saturated rings. The van der Waals surface area contributed by atoms with Gasteiger partial charge in [-0.05, 0) is 61.1 Å². The number of fused-ring (bicyclic) bond motifs is 1. The molecular weight excluding hydrogens is 342 g/mol. The molecule has 0 spiro atoms. The van der Waals surface area contributed by atoms with Gasteiger partial charge in [0, 0.05) is 21.7 Å². The normalized spacial score (nSPS) is 19.2. The van der Waals surface area contributed by atoms with E-state index in [4.69, 9.17) is 15.2 Å². The van der Waals surface area contributed by atoms with Crippen LogP contribution in [0.25, 0.3) is 0 Å². The molecule has 1 aliphatic carbocycles. The van der Waals surface area contributed by atoms with Crippen LogP contribution >= 0.6 is 11.3 Å². The Morgan fingerprint density at radius 3 is 2.58 bits per heavy atom. The lowest BCUT2D eigenvalue weighted by Crippen LogP contribution is -2.33. The Morgan fingerprint density at radius 1 is 1.08 bits per heavy atom. The van der Waals surface area contributed by atoms with Gasteiger partial charge in [0.25, 0.3) is 0 Å². The Hall–Kier alpha value is -1.52. The van der Waals surface area contributed by atoms with Crippen LogP contribution in [0.15, 0.2) is 24.3 Å². The van der Waals surface area contributed by atoms with Gasteiger partial charge in [0.1, 0.15) is 0 Å². The van der Waals surface area contributed by atoms with E-state index in [0.717, 1.165) is 24.3 Å². The minimum absolute atomic E-state index is 0.159. The van der Waals surface area contributed by atoms with Gasteiger partial charge in [-0.1, -0.05) is 26.2 Å².